The van der Waals surface area contributed by atoms with Gasteiger partial charge in [-0.25, -0.2) is 0 Å². The summed E-state index contributed by atoms with van der Waals surface area (Å²) in [6.45, 7) is 5.05. The highest BCUT2D eigenvalue weighted by atomic mass is 32.2. The molecule has 1 N–H and O–H groups in total. The van der Waals surface area contributed by atoms with Crippen LogP contribution in [0.2, 0.25) is 0 Å². The smallest absolute Gasteiger partial charge is 0.406 e. The summed E-state index contributed by atoms with van der Waals surface area (Å²) in [5.41, 5.74) is 2.72. The first-order valence-electron chi connectivity index (χ1n) is 10.5. The van der Waals surface area contributed by atoms with Crippen molar-refractivity contribution in [2.45, 2.75) is 19.8 Å². The molecule has 0 atom stereocenters. The van der Waals surface area contributed by atoms with E-state index < -0.39 is 6.36 Å². The second-order valence-corrected chi connectivity index (χ2v) is 8.74. The van der Waals surface area contributed by atoms with Crippen LogP contribution in [-0.2, 0) is 16.1 Å². The minimum atomic E-state index is -4.70. The van der Waals surface area contributed by atoms with Crippen molar-refractivity contribution in [1.82, 2.24) is 9.80 Å². The molecule has 1 aliphatic heterocycles. The van der Waals surface area contributed by atoms with Crippen LogP contribution < -0.4 is 10.1 Å². The molecule has 2 amide bonds. The van der Waals surface area contributed by atoms with Crippen LogP contribution in [0, 0.1) is 6.92 Å². The molecule has 178 valence electrons. The number of anilines is 1. The summed E-state index contributed by atoms with van der Waals surface area (Å²) in [7, 11) is 0. The zero-order chi connectivity index (χ0) is 23.8. The Kier molecular flexibility index (Phi) is 8.62. The summed E-state index contributed by atoms with van der Waals surface area (Å²) >= 11 is 1.29. The van der Waals surface area contributed by atoms with Gasteiger partial charge in [-0.2, -0.15) is 0 Å². The highest BCUT2D eigenvalue weighted by molar-refractivity contribution is 8.00. The summed E-state index contributed by atoms with van der Waals surface area (Å²) < 4.78 is 40.6. The third-order valence-electron chi connectivity index (χ3n) is 5.08. The molecule has 10 heteroatoms. The lowest BCUT2D eigenvalue weighted by Crippen LogP contribution is -2.48. The zero-order valence-electron chi connectivity index (χ0n) is 18.2. The zero-order valence-corrected chi connectivity index (χ0v) is 19.0. The van der Waals surface area contributed by atoms with Crippen molar-refractivity contribution < 1.29 is 27.5 Å². The van der Waals surface area contributed by atoms with E-state index in [1.807, 2.05) is 31.2 Å². The van der Waals surface area contributed by atoms with Crippen LogP contribution in [0.25, 0.3) is 0 Å². The van der Waals surface area contributed by atoms with E-state index in [9.17, 15) is 22.8 Å². The number of ether oxygens (including phenoxy) is 1. The van der Waals surface area contributed by atoms with Gasteiger partial charge in [0.2, 0.25) is 11.8 Å². The predicted octanol–water partition coefficient (Wildman–Crippen LogP) is 3.91. The van der Waals surface area contributed by atoms with Crippen molar-refractivity contribution in [2.24, 2.45) is 0 Å². The van der Waals surface area contributed by atoms with E-state index in [1.54, 1.807) is 17.0 Å². The van der Waals surface area contributed by atoms with Crippen molar-refractivity contribution in [1.29, 1.82) is 0 Å². The maximum atomic E-state index is 12.4. The Balaban J connectivity index is 1.34. The number of hydrogen-bond acceptors (Lipinski definition) is 5. The van der Waals surface area contributed by atoms with E-state index in [0.29, 0.717) is 32.7 Å². The van der Waals surface area contributed by atoms with Crippen LogP contribution in [0.5, 0.6) is 5.75 Å². The number of nitrogens with zero attached hydrogens (tertiary/aromatic N) is 2. The van der Waals surface area contributed by atoms with Crippen molar-refractivity contribution in [3.05, 3.63) is 59.7 Å². The minimum Gasteiger partial charge on any atom is -0.406 e. The molecular weight excluding hydrogens is 455 g/mol. The number of thioether (sulfide) groups is 1. The van der Waals surface area contributed by atoms with Gasteiger partial charge in [0, 0.05) is 38.4 Å². The van der Waals surface area contributed by atoms with Crippen LogP contribution in [-0.4, -0.2) is 65.7 Å². The van der Waals surface area contributed by atoms with E-state index in [0.717, 1.165) is 16.8 Å². The molecule has 3 rings (SSSR count). The average Bonchev–Trinajstić information content (AvgIpc) is 2.76. The molecule has 1 heterocycles. The van der Waals surface area contributed by atoms with Gasteiger partial charge in [-0.05, 0) is 36.8 Å². The molecule has 0 aliphatic carbocycles. The van der Waals surface area contributed by atoms with E-state index in [2.05, 4.69) is 15.0 Å². The van der Waals surface area contributed by atoms with Crippen molar-refractivity contribution >= 4 is 29.3 Å². The van der Waals surface area contributed by atoms with Gasteiger partial charge in [-0.15, -0.1) is 24.9 Å². The highest BCUT2D eigenvalue weighted by Gasteiger charge is 2.31. The topological polar surface area (TPSA) is 61.9 Å². The molecule has 0 aromatic heterocycles. The fourth-order valence-electron chi connectivity index (χ4n) is 3.37. The first kappa shape index (κ1) is 24.9. The molecule has 0 radical (unpaired) electrons. The fraction of sp³-hybridized carbons (Fsp3) is 0.391. The molecule has 6 nitrogen and oxygen atoms in total. The molecule has 0 saturated carbocycles. The second-order valence-electron chi connectivity index (χ2n) is 7.76. The van der Waals surface area contributed by atoms with Crippen LogP contribution in [0.1, 0.15) is 11.1 Å². The average molecular weight is 482 g/mol. The van der Waals surface area contributed by atoms with Gasteiger partial charge in [-0.3, -0.25) is 14.5 Å². The number of amides is 2. The number of carbonyl (C=O) groups is 2. The largest absolute Gasteiger partial charge is 0.573 e. The summed E-state index contributed by atoms with van der Waals surface area (Å²) in [6, 6.07) is 13.3. The summed E-state index contributed by atoms with van der Waals surface area (Å²) in [5.74, 6) is 0.0478. The van der Waals surface area contributed by atoms with Gasteiger partial charge in [0.05, 0.1) is 11.5 Å². The van der Waals surface area contributed by atoms with E-state index >= 15 is 0 Å². The summed E-state index contributed by atoms with van der Waals surface area (Å²) in [5, 5.41) is 2.81. The Morgan fingerprint density at radius 3 is 2.21 bits per heavy atom. The van der Waals surface area contributed by atoms with Gasteiger partial charge in [0.1, 0.15) is 5.75 Å². The van der Waals surface area contributed by atoms with Gasteiger partial charge in [0.15, 0.2) is 0 Å². The Morgan fingerprint density at radius 1 is 0.970 bits per heavy atom. The van der Waals surface area contributed by atoms with Gasteiger partial charge in [0.25, 0.3) is 0 Å². The lowest BCUT2D eigenvalue weighted by Gasteiger charge is -2.34. The second kappa shape index (κ2) is 11.4. The van der Waals surface area contributed by atoms with Crippen molar-refractivity contribution in [3.8, 4) is 5.75 Å². The first-order valence-corrected chi connectivity index (χ1v) is 11.6. The normalized spacial score (nSPS) is 14.7. The summed E-state index contributed by atoms with van der Waals surface area (Å²) in [4.78, 5) is 28.4. The number of benzene rings is 2. The van der Waals surface area contributed by atoms with Crippen LogP contribution >= 0.6 is 11.8 Å². The molecule has 1 aliphatic rings. The number of hydrogen-bond donors (Lipinski definition) is 1. The van der Waals surface area contributed by atoms with Crippen LogP contribution in [0.3, 0.4) is 0 Å². The number of rotatable bonds is 8. The standard InChI is InChI=1S/C23H26F3N3O3S/c1-17-2-6-19(7-3-17)27-21(30)15-33-16-22(31)29-12-10-28(11-13-29)14-18-4-8-20(9-5-18)32-23(24,25)26/h2-9H,10-16H2,1H3,(H,27,30). The predicted molar refractivity (Wildman–Crippen MR) is 122 cm³/mol. The Labute approximate surface area is 195 Å². The van der Waals surface area contributed by atoms with Crippen molar-refractivity contribution in [3.63, 3.8) is 0 Å². The number of alkyl halides is 3. The maximum absolute atomic E-state index is 12.4. The third kappa shape index (κ3) is 8.62. The molecule has 0 unspecified atom stereocenters. The Hall–Kier alpha value is -2.72. The Bertz CT molecular complexity index is 929. The van der Waals surface area contributed by atoms with Crippen molar-refractivity contribution in [2.75, 3.05) is 43.0 Å². The molecule has 0 spiro atoms. The Morgan fingerprint density at radius 2 is 1.61 bits per heavy atom. The molecule has 0 bridgehead atoms. The molecular formula is C23H26F3N3O3S. The van der Waals surface area contributed by atoms with Gasteiger partial charge >= 0.3 is 6.36 Å². The quantitative estimate of drug-likeness (QED) is 0.620. The molecule has 2 aromatic carbocycles. The first-order chi connectivity index (χ1) is 15.7. The van der Waals surface area contributed by atoms with Crippen LogP contribution in [0.4, 0.5) is 18.9 Å². The van der Waals surface area contributed by atoms with E-state index in [-0.39, 0.29) is 29.1 Å². The number of carbonyl (C=O) groups excluding carboxylic acids is 2. The van der Waals surface area contributed by atoms with Gasteiger partial charge < -0.3 is 15.0 Å². The lowest BCUT2D eigenvalue weighted by molar-refractivity contribution is -0.274. The molecule has 1 saturated heterocycles. The number of piperazine rings is 1. The number of aryl methyl sites for hydroxylation is 1. The fourth-order valence-corrected chi connectivity index (χ4v) is 4.08. The van der Waals surface area contributed by atoms with Crippen LogP contribution in [0.15, 0.2) is 48.5 Å². The minimum absolute atomic E-state index is 0.00330. The van der Waals surface area contributed by atoms with E-state index in [1.165, 1.54) is 23.9 Å². The molecule has 1 fully saturated rings. The highest BCUT2D eigenvalue weighted by Crippen LogP contribution is 2.23. The molecule has 33 heavy (non-hydrogen) atoms. The monoisotopic (exact) mass is 481 g/mol. The number of nitrogens with one attached hydrogen (secondary N) is 1. The van der Waals surface area contributed by atoms with Gasteiger partial charge in [-0.1, -0.05) is 29.8 Å². The van der Waals surface area contributed by atoms with E-state index in [4.69, 9.17) is 0 Å². The summed E-state index contributed by atoms with van der Waals surface area (Å²) in [6.07, 6.45) is -4.70. The SMILES string of the molecule is Cc1ccc(NC(=O)CSCC(=O)N2CCN(Cc3ccc(OC(F)(F)F)cc3)CC2)cc1. The number of halogens is 3. The maximum Gasteiger partial charge on any atom is 0.573 e. The molecule has 2 aromatic rings. The third-order valence-corrected chi connectivity index (χ3v) is 6.00. The lowest BCUT2D eigenvalue weighted by atomic mass is 10.2.